The van der Waals surface area contributed by atoms with E-state index in [9.17, 15) is 0 Å². The third-order valence-electron chi connectivity index (χ3n) is 3.58. The second-order valence-corrected chi connectivity index (χ2v) is 5.05. The molecule has 0 aromatic carbocycles. The van der Waals surface area contributed by atoms with Crippen LogP contribution < -0.4 is 16.1 Å². The quantitative estimate of drug-likeness (QED) is 0.695. The number of nitrogens with zero attached hydrogens (tertiary/aromatic N) is 5. The van der Waals surface area contributed by atoms with Crippen LogP contribution in [0.5, 0.6) is 5.75 Å². The first-order chi connectivity index (χ1) is 10.6. The van der Waals surface area contributed by atoms with Gasteiger partial charge in [0.05, 0.1) is 30.9 Å². The minimum atomic E-state index is 0.269. The number of fused-ring (bicyclic) bond motifs is 1. The summed E-state index contributed by atoms with van der Waals surface area (Å²) in [6, 6.07) is 1.96. The molecule has 0 unspecified atom stereocenters. The first kappa shape index (κ1) is 14.3. The SMILES string of the molecule is CBc1nc(N)nc2c1cnn2Cc1cnc(C)c(OC)c1. The normalized spacial score (nSPS) is 10.9. The van der Waals surface area contributed by atoms with Crippen LogP contribution in [0.15, 0.2) is 18.5 Å². The van der Waals surface area contributed by atoms with Crippen molar-refractivity contribution in [2.75, 3.05) is 12.8 Å². The van der Waals surface area contributed by atoms with Crippen molar-refractivity contribution in [3.05, 3.63) is 29.7 Å². The maximum Gasteiger partial charge on any atom is 0.221 e. The molecule has 7 nitrogen and oxygen atoms in total. The summed E-state index contributed by atoms with van der Waals surface area (Å²) in [5.74, 6) is 1.03. The zero-order valence-corrected chi connectivity index (χ0v) is 12.9. The molecule has 3 aromatic heterocycles. The average molecular weight is 296 g/mol. The van der Waals surface area contributed by atoms with Crippen molar-refractivity contribution in [1.82, 2.24) is 24.7 Å². The predicted molar refractivity (Wildman–Crippen MR) is 87.0 cm³/mol. The molecule has 3 aromatic rings. The molecule has 0 fully saturated rings. The summed E-state index contributed by atoms with van der Waals surface area (Å²) in [5, 5.41) is 5.34. The molecule has 0 bridgehead atoms. The molecule has 0 atom stereocenters. The van der Waals surface area contributed by atoms with Crippen LogP contribution in [0.1, 0.15) is 11.3 Å². The van der Waals surface area contributed by atoms with E-state index in [0.29, 0.717) is 6.54 Å². The fourth-order valence-corrected chi connectivity index (χ4v) is 2.44. The summed E-state index contributed by atoms with van der Waals surface area (Å²) in [7, 11) is 2.42. The number of aromatic nitrogens is 5. The standard InChI is InChI=1S/C14H17BN6O/c1-8-11(22-3)4-9(5-17-8)7-21-13-10(6-18-21)12(15-2)19-14(16)20-13/h4-6,15H,7H2,1-3H3,(H2,16,19,20). The maximum absolute atomic E-state index is 5.79. The van der Waals surface area contributed by atoms with Gasteiger partial charge in [0.25, 0.3) is 0 Å². The molecule has 0 spiro atoms. The van der Waals surface area contributed by atoms with E-state index in [1.165, 1.54) is 0 Å². The van der Waals surface area contributed by atoms with E-state index in [0.717, 1.165) is 40.9 Å². The Labute approximate surface area is 128 Å². The number of anilines is 1. The Kier molecular flexibility index (Phi) is 3.66. The Balaban J connectivity index is 2.02. The second kappa shape index (κ2) is 5.63. The highest BCUT2D eigenvalue weighted by atomic mass is 16.5. The Morgan fingerprint density at radius 2 is 2.14 bits per heavy atom. The summed E-state index contributed by atoms with van der Waals surface area (Å²) in [6.07, 6.45) is 3.60. The summed E-state index contributed by atoms with van der Waals surface area (Å²) in [5.41, 5.74) is 9.29. The lowest BCUT2D eigenvalue weighted by atomic mass is 9.76. The van der Waals surface area contributed by atoms with Gasteiger partial charge in [-0.15, -0.1) is 0 Å². The summed E-state index contributed by atoms with van der Waals surface area (Å²) < 4.78 is 7.11. The minimum absolute atomic E-state index is 0.269. The topological polar surface area (TPSA) is 91.7 Å². The van der Waals surface area contributed by atoms with E-state index >= 15 is 0 Å². The fourth-order valence-electron chi connectivity index (χ4n) is 2.44. The molecule has 0 saturated heterocycles. The lowest BCUT2D eigenvalue weighted by Crippen LogP contribution is -2.19. The van der Waals surface area contributed by atoms with Crippen LogP contribution in [0.4, 0.5) is 5.95 Å². The lowest BCUT2D eigenvalue weighted by molar-refractivity contribution is 0.408. The van der Waals surface area contributed by atoms with Crippen molar-refractivity contribution >= 4 is 29.9 Å². The van der Waals surface area contributed by atoms with Crippen LogP contribution in [0.25, 0.3) is 11.0 Å². The number of ether oxygens (including phenoxy) is 1. The molecule has 22 heavy (non-hydrogen) atoms. The van der Waals surface area contributed by atoms with E-state index in [-0.39, 0.29) is 5.95 Å². The van der Waals surface area contributed by atoms with Crippen LogP contribution in [0.2, 0.25) is 6.82 Å². The van der Waals surface area contributed by atoms with Crippen molar-refractivity contribution in [3.63, 3.8) is 0 Å². The van der Waals surface area contributed by atoms with E-state index in [1.54, 1.807) is 18.0 Å². The van der Waals surface area contributed by atoms with E-state index in [2.05, 4.69) is 20.1 Å². The highest BCUT2D eigenvalue weighted by Crippen LogP contribution is 2.18. The Morgan fingerprint density at radius 1 is 1.32 bits per heavy atom. The van der Waals surface area contributed by atoms with Gasteiger partial charge in [0.15, 0.2) is 12.9 Å². The molecule has 8 heteroatoms. The number of rotatable bonds is 4. The van der Waals surface area contributed by atoms with Crippen LogP contribution in [-0.2, 0) is 6.54 Å². The molecule has 3 rings (SSSR count). The monoisotopic (exact) mass is 296 g/mol. The van der Waals surface area contributed by atoms with E-state index in [1.807, 2.05) is 26.0 Å². The van der Waals surface area contributed by atoms with Gasteiger partial charge < -0.3 is 10.5 Å². The first-order valence-electron chi connectivity index (χ1n) is 7.09. The van der Waals surface area contributed by atoms with Crippen LogP contribution in [0.3, 0.4) is 0 Å². The molecule has 2 N–H and O–H groups in total. The highest BCUT2D eigenvalue weighted by Gasteiger charge is 2.12. The van der Waals surface area contributed by atoms with Gasteiger partial charge in [-0.25, -0.2) is 9.67 Å². The number of hydrogen-bond donors (Lipinski definition) is 1. The lowest BCUT2D eigenvalue weighted by Gasteiger charge is -2.08. The number of methoxy groups -OCH3 is 1. The molecular formula is C14H17BN6O. The molecule has 0 amide bonds. The molecule has 0 aliphatic rings. The zero-order chi connectivity index (χ0) is 15.7. The molecule has 0 saturated carbocycles. The second-order valence-electron chi connectivity index (χ2n) is 5.05. The number of pyridine rings is 1. The summed E-state index contributed by atoms with van der Waals surface area (Å²) in [4.78, 5) is 12.9. The minimum Gasteiger partial charge on any atom is -0.495 e. The Hall–Kier alpha value is -2.64. The van der Waals surface area contributed by atoms with Gasteiger partial charge in [-0.2, -0.15) is 10.1 Å². The van der Waals surface area contributed by atoms with Gasteiger partial charge in [0, 0.05) is 11.8 Å². The van der Waals surface area contributed by atoms with Gasteiger partial charge in [0.1, 0.15) is 5.75 Å². The van der Waals surface area contributed by atoms with Gasteiger partial charge in [-0.1, -0.05) is 6.82 Å². The van der Waals surface area contributed by atoms with Crippen molar-refractivity contribution in [1.29, 1.82) is 0 Å². The summed E-state index contributed by atoms with van der Waals surface area (Å²) in [6.45, 7) is 4.49. The van der Waals surface area contributed by atoms with E-state index in [4.69, 9.17) is 10.5 Å². The van der Waals surface area contributed by atoms with Gasteiger partial charge in [-0.05, 0) is 18.6 Å². The third-order valence-corrected chi connectivity index (χ3v) is 3.58. The first-order valence-corrected chi connectivity index (χ1v) is 7.09. The predicted octanol–water partition coefficient (Wildman–Crippen LogP) is 0.279. The highest BCUT2D eigenvalue weighted by molar-refractivity contribution is 6.54. The number of aryl methyl sites for hydroxylation is 1. The van der Waals surface area contributed by atoms with Gasteiger partial charge in [-0.3, -0.25) is 4.98 Å². The molecule has 0 aliphatic heterocycles. The Bertz CT molecular complexity index is 832. The average Bonchev–Trinajstić information content (AvgIpc) is 2.91. The van der Waals surface area contributed by atoms with E-state index < -0.39 is 0 Å². The molecule has 0 radical (unpaired) electrons. The number of nitrogen functional groups attached to an aromatic ring is 1. The molecule has 0 aliphatic carbocycles. The largest absolute Gasteiger partial charge is 0.495 e. The van der Waals surface area contributed by atoms with Crippen molar-refractivity contribution in [2.45, 2.75) is 20.3 Å². The van der Waals surface area contributed by atoms with Crippen molar-refractivity contribution < 1.29 is 4.74 Å². The van der Waals surface area contributed by atoms with Crippen LogP contribution in [0, 0.1) is 6.92 Å². The summed E-state index contributed by atoms with van der Waals surface area (Å²) >= 11 is 0. The number of hydrogen-bond acceptors (Lipinski definition) is 6. The fraction of sp³-hybridized carbons (Fsp3) is 0.286. The molecular weight excluding hydrogens is 279 g/mol. The van der Waals surface area contributed by atoms with Crippen molar-refractivity contribution in [2.24, 2.45) is 0 Å². The smallest absolute Gasteiger partial charge is 0.221 e. The van der Waals surface area contributed by atoms with Crippen LogP contribution >= 0.6 is 0 Å². The molecule has 3 heterocycles. The van der Waals surface area contributed by atoms with Gasteiger partial charge in [0.2, 0.25) is 5.95 Å². The van der Waals surface area contributed by atoms with Crippen LogP contribution in [-0.4, -0.2) is 39.1 Å². The zero-order valence-electron chi connectivity index (χ0n) is 12.9. The third kappa shape index (κ3) is 2.47. The van der Waals surface area contributed by atoms with Crippen molar-refractivity contribution in [3.8, 4) is 5.75 Å². The molecule has 112 valence electrons. The Morgan fingerprint density at radius 3 is 2.86 bits per heavy atom. The maximum atomic E-state index is 5.79. The number of nitrogens with two attached hydrogens (primary N) is 1. The van der Waals surface area contributed by atoms with Gasteiger partial charge >= 0.3 is 0 Å².